The van der Waals surface area contributed by atoms with E-state index in [1.54, 1.807) is 6.26 Å². The van der Waals surface area contributed by atoms with E-state index >= 15 is 0 Å². The lowest BCUT2D eigenvalue weighted by Crippen LogP contribution is -2.41. The first-order valence-corrected chi connectivity index (χ1v) is 9.82. The number of hydrogen-bond donors (Lipinski definition) is 1. The van der Waals surface area contributed by atoms with Crippen LogP contribution in [0.3, 0.4) is 0 Å². The molecule has 126 valence electrons. The molecule has 1 heterocycles. The number of anilines is 2. The highest BCUT2D eigenvalue weighted by atomic mass is 32.2. The molecule has 2 aromatic rings. The van der Waals surface area contributed by atoms with E-state index in [0.717, 1.165) is 29.9 Å². The number of para-hydroxylation sites is 2. The summed E-state index contributed by atoms with van der Waals surface area (Å²) in [6.45, 7) is 2.78. The Morgan fingerprint density at radius 3 is 2.71 bits per heavy atom. The van der Waals surface area contributed by atoms with Gasteiger partial charge in [0.2, 0.25) is 5.91 Å². The lowest BCUT2D eigenvalue weighted by atomic mass is 10.1. The standard InChI is InChI=1S/C19H22N2O2S/c1-14(21-12-11-15-7-4-6-10-18(15)21)19(22)20-17-9-5-3-8-16(17)13-24(2)23/h3-10,14H,11-13H2,1-2H3,(H,20,22)/t14-,24-/m1/s1. The number of nitrogens with one attached hydrogen (secondary N) is 1. The highest BCUT2D eigenvalue weighted by Gasteiger charge is 2.27. The van der Waals surface area contributed by atoms with Crippen LogP contribution in [0.5, 0.6) is 0 Å². The van der Waals surface area contributed by atoms with E-state index in [1.807, 2.05) is 43.3 Å². The van der Waals surface area contributed by atoms with Gasteiger partial charge in [0, 0.05) is 35.0 Å². The average molecular weight is 342 g/mol. The molecular formula is C19H22N2O2S. The minimum Gasteiger partial charge on any atom is -0.359 e. The molecule has 2 aromatic carbocycles. The average Bonchev–Trinajstić information content (AvgIpc) is 2.99. The molecule has 24 heavy (non-hydrogen) atoms. The summed E-state index contributed by atoms with van der Waals surface area (Å²) in [5.74, 6) is 0.401. The third-order valence-electron chi connectivity index (χ3n) is 4.40. The molecule has 1 amide bonds. The van der Waals surface area contributed by atoms with Crippen molar-refractivity contribution in [3.63, 3.8) is 0 Å². The fourth-order valence-corrected chi connectivity index (χ4v) is 3.82. The Balaban J connectivity index is 1.75. The van der Waals surface area contributed by atoms with Gasteiger partial charge in [0.05, 0.1) is 5.75 Å². The van der Waals surface area contributed by atoms with Crippen molar-refractivity contribution in [1.82, 2.24) is 0 Å². The van der Waals surface area contributed by atoms with Gasteiger partial charge in [0.15, 0.2) is 0 Å². The molecule has 3 rings (SSSR count). The zero-order valence-corrected chi connectivity index (χ0v) is 14.8. The van der Waals surface area contributed by atoms with Crippen molar-refractivity contribution in [2.24, 2.45) is 0 Å². The van der Waals surface area contributed by atoms with Crippen molar-refractivity contribution in [3.8, 4) is 0 Å². The van der Waals surface area contributed by atoms with Crippen molar-refractivity contribution < 1.29 is 9.00 Å². The van der Waals surface area contributed by atoms with Gasteiger partial charge in [-0.3, -0.25) is 9.00 Å². The quantitative estimate of drug-likeness (QED) is 0.909. The zero-order chi connectivity index (χ0) is 17.1. The molecule has 5 heteroatoms. The zero-order valence-electron chi connectivity index (χ0n) is 14.0. The van der Waals surface area contributed by atoms with Crippen LogP contribution in [0.4, 0.5) is 11.4 Å². The molecule has 0 saturated heterocycles. The van der Waals surface area contributed by atoms with Gasteiger partial charge in [0.25, 0.3) is 0 Å². The summed E-state index contributed by atoms with van der Waals surface area (Å²) in [5, 5.41) is 3.01. The predicted octanol–water partition coefficient (Wildman–Crippen LogP) is 2.95. The topological polar surface area (TPSA) is 49.4 Å². The first-order valence-electron chi connectivity index (χ1n) is 8.09. The number of rotatable bonds is 5. The molecule has 0 fully saturated rings. The maximum absolute atomic E-state index is 12.7. The number of carbonyl (C=O) groups is 1. The normalized spacial score (nSPS) is 15.7. The number of nitrogens with zero attached hydrogens (tertiary/aromatic N) is 1. The summed E-state index contributed by atoms with van der Waals surface area (Å²) < 4.78 is 11.5. The van der Waals surface area contributed by atoms with Crippen LogP contribution in [-0.4, -0.2) is 29.0 Å². The van der Waals surface area contributed by atoms with Gasteiger partial charge in [-0.25, -0.2) is 0 Å². The minimum atomic E-state index is -0.946. The maximum atomic E-state index is 12.7. The number of carbonyl (C=O) groups excluding carboxylic acids is 1. The third-order valence-corrected chi connectivity index (χ3v) is 5.12. The Labute approximate surface area is 145 Å². The molecular weight excluding hydrogens is 320 g/mol. The second-order valence-corrected chi connectivity index (χ2v) is 7.55. The van der Waals surface area contributed by atoms with Crippen molar-refractivity contribution in [2.45, 2.75) is 25.1 Å². The smallest absolute Gasteiger partial charge is 0.246 e. The van der Waals surface area contributed by atoms with E-state index in [2.05, 4.69) is 22.3 Å². The SMILES string of the molecule is C[C@H](C(=O)Nc1ccccc1C[S@@](C)=O)N1CCc2ccccc21. The Hall–Kier alpha value is -2.14. The predicted molar refractivity (Wildman–Crippen MR) is 99.8 cm³/mol. The van der Waals surface area contributed by atoms with Crippen molar-refractivity contribution in [2.75, 3.05) is 23.0 Å². The van der Waals surface area contributed by atoms with E-state index in [0.29, 0.717) is 5.75 Å². The molecule has 1 N–H and O–H groups in total. The lowest BCUT2D eigenvalue weighted by Gasteiger charge is -2.26. The van der Waals surface area contributed by atoms with Crippen molar-refractivity contribution in [1.29, 1.82) is 0 Å². The van der Waals surface area contributed by atoms with E-state index < -0.39 is 10.8 Å². The van der Waals surface area contributed by atoms with Crippen LogP contribution in [0.2, 0.25) is 0 Å². The number of fused-ring (bicyclic) bond motifs is 1. The Kier molecular flexibility index (Phi) is 5.00. The van der Waals surface area contributed by atoms with Gasteiger partial charge < -0.3 is 10.2 Å². The molecule has 4 nitrogen and oxygen atoms in total. The van der Waals surface area contributed by atoms with E-state index in [4.69, 9.17) is 0 Å². The van der Waals surface area contributed by atoms with Gasteiger partial charge in [-0.1, -0.05) is 36.4 Å². The lowest BCUT2D eigenvalue weighted by molar-refractivity contribution is -0.117. The maximum Gasteiger partial charge on any atom is 0.246 e. The first-order chi connectivity index (χ1) is 11.6. The van der Waals surface area contributed by atoms with Crippen LogP contribution in [0, 0.1) is 0 Å². The van der Waals surface area contributed by atoms with Gasteiger partial charge in [-0.2, -0.15) is 0 Å². The van der Waals surface area contributed by atoms with Gasteiger partial charge >= 0.3 is 0 Å². The number of benzene rings is 2. The molecule has 0 unspecified atom stereocenters. The molecule has 0 spiro atoms. The summed E-state index contributed by atoms with van der Waals surface area (Å²) in [7, 11) is -0.946. The molecule has 0 aromatic heterocycles. The van der Waals surface area contributed by atoms with Crippen molar-refractivity contribution >= 4 is 28.1 Å². The summed E-state index contributed by atoms with van der Waals surface area (Å²) in [6.07, 6.45) is 2.64. The Morgan fingerprint density at radius 2 is 1.92 bits per heavy atom. The van der Waals surface area contributed by atoms with Gasteiger partial charge in [-0.05, 0) is 36.6 Å². The highest BCUT2D eigenvalue weighted by Crippen LogP contribution is 2.29. The summed E-state index contributed by atoms with van der Waals surface area (Å²) in [4.78, 5) is 14.9. The van der Waals surface area contributed by atoms with Crippen LogP contribution in [0.1, 0.15) is 18.1 Å². The van der Waals surface area contributed by atoms with Gasteiger partial charge in [-0.15, -0.1) is 0 Å². The third kappa shape index (κ3) is 3.51. The summed E-state index contributed by atoms with van der Waals surface area (Å²) >= 11 is 0. The first kappa shape index (κ1) is 16.7. The number of hydrogen-bond acceptors (Lipinski definition) is 3. The highest BCUT2D eigenvalue weighted by molar-refractivity contribution is 7.83. The number of amides is 1. The van der Waals surface area contributed by atoms with E-state index in [1.165, 1.54) is 5.56 Å². The molecule has 0 saturated carbocycles. The monoisotopic (exact) mass is 342 g/mol. The summed E-state index contributed by atoms with van der Waals surface area (Å²) in [6, 6.07) is 15.5. The van der Waals surface area contributed by atoms with Crippen molar-refractivity contribution in [3.05, 3.63) is 59.7 Å². The van der Waals surface area contributed by atoms with Crippen LogP contribution < -0.4 is 10.2 Å². The van der Waals surface area contributed by atoms with Crippen LogP contribution in [-0.2, 0) is 27.8 Å². The van der Waals surface area contributed by atoms with Crippen LogP contribution in [0.15, 0.2) is 48.5 Å². The summed E-state index contributed by atoms with van der Waals surface area (Å²) in [5.41, 5.74) is 4.08. The second kappa shape index (κ2) is 7.18. The minimum absolute atomic E-state index is 0.0407. The van der Waals surface area contributed by atoms with E-state index in [-0.39, 0.29) is 11.9 Å². The molecule has 0 radical (unpaired) electrons. The van der Waals surface area contributed by atoms with E-state index in [9.17, 15) is 9.00 Å². The molecule has 0 aliphatic carbocycles. The Morgan fingerprint density at radius 1 is 1.21 bits per heavy atom. The van der Waals surface area contributed by atoms with Crippen LogP contribution >= 0.6 is 0 Å². The molecule has 2 atom stereocenters. The second-order valence-electron chi connectivity index (χ2n) is 6.11. The molecule has 1 aliphatic heterocycles. The van der Waals surface area contributed by atoms with Gasteiger partial charge in [0.1, 0.15) is 6.04 Å². The fourth-order valence-electron chi connectivity index (χ4n) is 3.13. The fraction of sp³-hybridized carbons (Fsp3) is 0.316. The molecule has 0 bridgehead atoms. The van der Waals surface area contributed by atoms with Crippen LogP contribution in [0.25, 0.3) is 0 Å². The largest absolute Gasteiger partial charge is 0.359 e. The Bertz CT molecular complexity index is 775. The molecule has 1 aliphatic rings.